The number of carboxylic acids is 1. The van der Waals surface area contributed by atoms with Crippen LogP contribution >= 0.6 is 11.8 Å². The molecule has 0 spiro atoms. The van der Waals surface area contributed by atoms with E-state index < -0.39 is 46.2 Å². The predicted octanol–water partition coefficient (Wildman–Crippen LogP) is -1.72. The summed E-state index contributed by atoms with van der Waals surface area (Å²) in [4.78, 5) is 38.7. The molecule has 30 heavy (non-hydrogen) atoms. The molecule has 13 heteroatoms. The number of aliphatic hydroxyl groups is 1. The van der Waals surface area contributed by atoms with Gasteiger partial charge in [0.25, 0.3) is 5.91 Å². The Hall–Kier alpha value is -1.67. The maximum Gasteiger partial charge on any atom is 0.353 e. The summed E-state index contributed by atoms with van der Waals surface area (Å²) in [5.41, 5.74) is -0.0551. The van der Waals surface area contributed by atoms with Gasteiger partial charge in [-0.05, 0) is 13.3 Å². The van der Waals surface area contributed by atoms with E-state index in [1.165, 1.54) is 23.6 Å². The van der Waals surface area contributed by atoms with Gasteiger partial charge in [-0.3, -0.25) is 9.59 Å². The van der Waals surface area contributed by atoms with Crippen LogP contribution in [0.25, 0.3) is 0 Å². The van der Waals surface area contributed by atoms with Gasteiger partial charge in [-0.2, -0.15) is 13.1 Å². The Morgan fingerprint density at radius 2 is 2.03 bits per heavy atom. The molecule has 4 rings (SSSR count). The molecule has 0 bridgehead atoms. The molecule has 0 aromatic carbocycles. The molecule has 2 amide bonds. The third kappa shape index (κ3) is 3.23. The largest absolute Gasteiger partial charge is 0.477 e. The molecule has 0 aromatic heterocycles. The minimum atomic E-state index is -3.79. The lowest BCUT2D eigenvalue weighted by Crippen LogP contribution is -2.63. The van der Waals surface area contributed by atoms with Crippen molar-refractivity contribution in [1.82, 2.24) is 19.2 Å². The second-order valence-corrected chi connectivity index (χ2v) is 11.0. The van der Waals surface area contributed by atoms with Crippen molar-refractivity contribution in [2.24, 2.45) is 11.8 Å². The summed E-state index contributed by atoms with van der Waals surface area (Å²) in [6.07, 6.45) is -0.524. The van der Waals surface area contributed by atoms with Gasteiger partial charge >= 0.3 is 16.2 Å². The molecule has 4 aliphatic heterocycles. The average molecular weight is 461 g/mol. The van der Waals surface area contributed by atoms with Crippen molar-refractivity contribution in [3.8, 4) is 0 Å². The summed E-state index contributed by atoms with van der Waals surface area (Å²) in [6.45, 7) is 4.04. The normalized spacial score (nSPS) is 36.1. The van der Waals surface area contributed by atoms with Crippen LogP contribution in [0.1, 0.15) is 20.3 Å². The van der Waals surface area contributed by atoms with Crippen LogP contribution in [-0.2, 0) is 24.6 Å². The first kappa shape index (κ1) is 21.6. The van der Waals surface area contributed by atoms with Crippen molar-refractivity contribution in [1.29, 1.82) is 0 Å². The Balaban J connectivity index is 1.49. The van der Waals surface area contributed by atoms with Crippen LogP contribution in [0.4, 0.5) is 0 Å². The van der Waals surface area contributed by atoms with Gasteiger partial charge in [0, 0.05) is 29.2 Å². The molecule has 11 nitrogen and oxygen atoms in total. The smallest absolute Gasteiger partial charge is 0.353 e. The number of carbonyl (C=O) groups is 3. The van der Waals surface area contributed by atoms with Crippen LogP contribution < -0.4 is 10.0 Å². The van der Waals surface area contributed by atoms with E-state index in [-0.39, 0.29) is 35.9 Å². The Morgan fingerprint density at radius 1 is 1.33 bits per heavy atom. The van der Waals surface area contributed by atoms with Gasteiger partial charge in [0.2, 0.25) is 5.91 Å². The van der Waals surface area contributed by atoms with Crippen molar-refractivity contribution in [2.75, 3.05) is 19.6 Å². The molecule has 0 aliphatic carbocycles. The zero-order chi connectivity index (χ0) is 22.0. The molecule has 0 saturated carbocycles. The Labute approximate surface area is 178 Å². The van der Waals surface area contributed by atoms with Crippen LogP contribution in [0.5, 0.6) is 0 Å². The van der Waals surface area contributed by atoms with E-state index in [1.54, 1.807) is 0 Å². The van der Waals surface area contributed by atoms with E-state index in [4.69, 9.17) is 0 Å². The van der Waals surface area contributed by atoms with Gasteiger partial charge in [-0.25, -0.2) is 9.10 Å². The second kappa shape index (κ2) is 7.48. The maximum absolute atomic E-state index is 12.6. The molecular formula is C17H24N4O7S2. The van der Waals surface area contributed by atoms with Gasteiger partial charge in [0.1, 0.15) is 5.70 Å². The molecule has 4 N–H and O–H groups in total. The number of nitrogens with zero attached hydrogens (tertiary/aromatic N) is 2. The number of β-lactam (4-membered cyclic amide) rings is 1. The zero-order valence-electron chi connectivity index (χ0n) is 16.4. The van der Waals surface area contributed by atoms with Gasteiger partial charge in [-0.15, -0.1) is 11.8 Å². The van der Waals surface area contributed by atoms with E-state index >= 15 is 0 Å². The predicted molar refractivity (Wildman–Crippen MR) is 106 cm³/mol. The lowest BCUT2D eigenvalue weighted by atomic mass is 9.79. The van der Waals surface area contributed by atoms with Crippen LogP contribution in [0, 0.1) is 11.8 Å². The van der Waals surface area contributed by atoms with Gasteiger partial charge in [-0.1, -0.05) is 6.92 Å². The first-order chi connectivity index (χ1) is 14.0. The highest BCUT2D eigenvalue weighted by Gasteiger charge is 2.60. The molecule has 3 fully saturated rings. The fourth-order valence-electron chi connectivity index (χ4n) is 4.72. The molecule has 4 heterocycles. The second-order valence-electron chi connectivity index (χ2n) is 8.02. The highest BCUT2D eigenvalue weighted by atomic mass is 32.2. The molecule has 0 aromatic rings. The first-order valence-corrected chi connectivity index (χ1v) is 12.1. The van der Waals surface area contributed by atoms with Crippen LogP contribution in [0.2, 0.25) is 0 Å². The Morgan fingerprint density at radius 3 is 2.60 bits per heavy atom. The van der Waals surface area contributed by atoms with E-state index in [0.717, 1.165) is 4.31 Å². The van der Waals surface area contributed by atoms with E-state index in [9.17, 15) is 33.0 Å². The van der Waals surface area contributed by atoms with Gasteiger partial charge < -0.3 is 20.4 Å². The fourth-order valence-corrected chi connectivity index (χ4v) is 7.40. The number of hydrogen-bond acceptors (Lipinski definition) is 8. The quantitative estimate of drug-likeness (QED) is 0.350. The number of aliphatic carboxylic acids is 1. The topological polar surface area (TPSA) is 156 Å². The third-order valence-corrected chi connectivity index (χ3v) is 9.15. The van der Waals surface area contributed by atoms with Crippen molar-refractivity contribution >= 4 is 39.8 Å². The zero-order valence-corrected chi connectivity index (χ0v) is 18.1. The minimum absolute atomic E-state index is 0.0551. The molecular weight excluding hydrogens is 436 g/mol. The first-order valence-electron chi connectivity index (χ1n) is 9.74. The number of fused-ring (bicyclic) bond motifs is 1. The lowest BCUT2D eigenvalue weighted by Gasteiger charge is -2.46. The van der Waals surface area contributed by atoms with Gasteiger partial charge in [0.15, 0.2) is 0 Å². The van der Waals surface area contributed by atoms with Crippen LogP contribution in [-0.4, -0.2) is 88.7 Å². The summed E-state index contributed by atoms with van der Waals surface area (Å²) in [6, 6.07) is -1.06. The molecule has 3 saturated heterocycles. The number of nitrogens with one attached hydrogen (secondary N) is 2. The highest BCUT2D eigenvalue weighted by molar-refractivity contribution is 8.03. The Bertz CT molecular complexity index is 934. The Kier molecular flexibility index (Phi) is 5.37. The maximum atomic E-state index is 12.6. The molecule has 0 radical (unpaired) electrons. The summed E-state index contributed by atoms with van der Waals surface area (Å²) in [5.74, 6) is -2.99. The molecule has 1 unspecified atom stereocenters. The summed E-state index contributed by atoms with van der Waals surface area (Å²) in [5, 5.41) is 22.5. The van der Waals surface area contributed by atoms with E-state index in [1.807, 2.05) is 6.92 Å². The standard InChI is InChI=1S/C17H24N4O7S2/c1-7-12-11(8(2)22)16(24)21(12)13(17(25)26)14(7)29-9-5-10(18-6-9)15(23)20-4-3-19-30(20,27)28/h7-12,18-19,22H,3-6H2,1-2H3,(H,25,26)/t7-,8-,9+,10+,11-,12?/m1/s1. The SMILES string of the molecule is C[C@H]1C(S[C@@H]2CN[C@H](C(=O)N3CCNS3(=O)=O)C2)=C(C(=O)O)N2C(=O)[C@H]([C@@H](C)O)C12. The number of carboxylic acid groups (broad SMARTS) is 1. The number of thioether (sulfide) groups is 1. The average Bonchev–Trinajstić information content (AvgIpc) is 3.31. The number of hydrogen-bond donors (Lipinski definition) is 4. The van der Waals surface area contributed by atoms with Gasteiger partial charge in [0.05, 0.1) is 30.7 Å². The van der Waals surface area contributed by atoms with E-state index in [2.05, 4.69) is 10.0 Å². The summed E-state index contributed by atoms with van der Waals surface area (Å²) in [7, 11) is -3.79. The number of carbonyl (C=O) groups excluding carboxylic acids is 2. The van der Waals surface area contributed by atoms with Crippen molar-refractivity contribution in [3.05, 3.63) is 10.6 Å². The third-order valence-electron chi connectivity index (χ3n) is 6.13. The lowest BCUT2D eigenvalue weighted by molar-refractivity contribution is -0.163. The molecule has 4 aliphatic rings. The van der Waals surface area contributed by atoms with Crippen LogP contribution in [0.3, 0.4) is 0 Å². The van der Waals surface area contributed by atoms with E-state index in [0.29, 0.717) is 17.9 Å². The van der Waals surface area contributed by atoms with Crippen LogP contribution in [0.15, 0.2) is 10.6 Å². The monoisotopic (exact) mass is 460 g/mol. The number of amides is 2. The number of rotatable bonds is 5. The molecule has 166 valence electrons. The fraction of sp³-hybridized carbons (Fsp3) is 0.706. The van der Waals surface area contributed by atoms with Crippen molar-refractivity contribution < 1.29 is 33.0 Å². The summed E-state index contributed by atoms with van der Waals surface area (Å²) < 4.78 is 26.9. The highest BCUT2D eigenvalue weighted by Crippen LogP contribution is 2.51. The number of aliphatic hydroxyl groups excluding tert-OH is 1. The van der Waals surface area contributed by atoms with Crippen molar-refractivity contribution in [3.63, 3.8) is 0 Å². The molecule has 6 atom stereocenters. The minimum Gasteiger partial charge on any atom is -0.477 e. The van der Waals surface area contributed by atoms with Crippen molar-refractivity contribution in [2.45, 2.75) is 43.7 Å². The summed E-state index contributed by atoms with van der Waals surface area (Å²) >= 11 is 1.31.